The molecule has 0 unspecified atom stereocenters. The molecule has 2 heterocycles. The predicted octanol–water partition coefficient (Wildman–Crippen LogP) is 4.19. The monoisotopic (exact) mass is 367 g/mol. The highest BCUT2D eigenvalue weighted by Crippen LogP contribution is 2.29. The van der Waals surface area contributed by atoms with Crippen LogP contribution in [-0.2, 0) is 0 Å². The highest BCUT2D eigenvalue weighted by molar-refractivity contribution is 6.07. The zero-order valence-electron chi connectivity index (χ0n) is 14.4. The van der Waals surface area contributed by atoms with E-state index in [-0.39, 0.29) is 11.6 Å². The molecule has 0 spiro atoms. The van der Waals surface area contributed by atoms with E-state index >= 15 is 0 Å². The van der Waals surface area contributed by atoms with E-state index in [4.69, 9.17) is 13.8 Å². The molecule has 0 atom stereocenters. The molecule has 7 nitrogen and oxygen atoms in total. The van der Waals surface area contributed by atoms with Crippen molar-refractivity contribution in [3.8, 4) is 17.0 Å². The maximum absolute atomic E-state index is 13.4. The Hall–Kier alpha value is -3.68. The van der Waals surface area contributed by atoms with E-state index in [1.165, 1.54) is 18.2 Å². The number of benzene rings is 2. The van der Waals surface area contributed by atoms with Crippen LogP contribution in [0.15, 0.2) is 51.5 Å². The number of rotatable bonds is 4. The molecule has 0 aliphatic heterocycles. The highest BCUT2D eigenvalue weighted by Gasteiger charge is 2.22. The Morgan fingerprint density at radius 3 is 2.67 bits per heavy atom. The second-order valence-electron chi connectivity index (χ2n) is 5.84. The van der Waals surface area contributed by atoms with Crippen molar-refractivity contribution in [3.05, 3.63) is 59.6 Å². The fourth-order valence-corrected chi connectivity index (χ4v) is 2.78. The van der Waals surface area contributed by atoms with E-state index in [2.05, 4.69) is 15.6 Å². The summed E-state index contributed by atoms with van der Waals surface area (Å²) in [7, 11) is 1.57. The summed E-state index contributed by atoms with van der Waals surface area (Å²) >= 11 is 0. The number of nitrogens with zero attached hydrogens (tertiary/aromatic N) is 2. The zero-order chi connectivity index (χ0) is 19.0. The first kappa shape index (κ1) is 16.8. The zero-order valence-corrected chi connectivity index (χ0v) is 14.4. The van der Waals surface area contributed by atoms with Gasteiger partial charge in [-0.3, -0.25) is 10.1 Å². The van der Waals surface area contributed by atoms with Crippen LogP contribution >= 0.6 is 0 Å². The van der Waals surface area contributed by atoms with E-state index in [1.54, 1.807) is 38.3 Å². The number of nitrogens with one attached hydrogen (secondary N) is 1. The molecular weight excluding hydrogens is 353 g/mol. The fourth-order valence-electron chi connectivity index (χ4n) is 2.78. The topological polar surface area (TPSA) is 90.4 Å². The van der Waals surface area contributed by atoms with Gasteiger partial charge in [-0.15, -0.1) is 0 Å². The van der Waals surface area contributed by atoms with Crippen LogP contribution in [0.25, 0.3) is 22.2 Å². The Labute approximate surface area is 152 Å². The summed E-state index contributed by atoms with van der Waals surface area (Å²) in [6.45, 7) is 1.69. The smallest absolute Gasteiger partial charge is 0.292 e. The second-order valence-corrected chi connectivity index (χ2v) is 5.84. The number of hydrogen-bond donors (Lipinski definition) is 1. The first-order valence-electron chi connectivity index (χ1n) is 8.04. The van der Waals surface area contributed by atoms with Gasteiger partial charge in [0.05, 0.1) is 7.11 Å². The molecule has 1 amide bonds. The van der Waals surface area contributed by atoms with Gasteiger partial charge in [0, 0.05) is 16.5 Å². The highest BCUT2D eigenvalue weighted by atomic mass is 19.1. The average molecular weight is 367 g/mol. The normalized spacial score (nSPS) is 10.9. The summed E-state index contributed by atoms with van der Waals surface area (Å²) in [6.07, 6.45) is 0. The molecule has 8 heteroatoms. The third kappa shape index (κ3) is 3.01. The summed E-state index contributed by atoms with van der Waals surface area (Å²) in [4.78, 5) is 12.6. The molecule has 2 aromatic heterocycles. The molecule has 1 N–H and O–H groups in total. The number of furan rings is 1. The molecule has 0 bridgehead atoms. The Kier molecular flexibility index (Phi) is 4.08. The number of fused-ring (bicyclic) bond motifs is 1. The Bertz CT molecular complexity index is 1130. The number of hydrogen-bond acceptors (Lipinski definition) is 6. The van der Waals surface area contributed by atoms with E-state index in [9.17, 15) is 9.18 Å². The summed E-state index contributed by atoms with van der Waals surface area (Å²) < 4.78 is 28.9. The van der Waals surface area contributed by atoms with Crippen LogP contribution < -0.4 is 10.1 Å². The summed E-state index contributed by atoms with van der Waals surface area (Å²) in [6, 6.07) is 11.1. The molecule has 0 saturated heterocycles. The average Bonchev–Trinajstić information content (AvgIpc) is 3.26. The first-order chi connectivity index (χ1) is 13.1. The maximum Gasteiger partial charge on any atom is 0.292 e. The van der Waals surface area contributed by atoms with Crippen LogP contribution in [0.1, 0.15) is 16.1 Å². The van der Waals surface area contributed by atoms with Gasteiger partial charge in [-0.1, -0.05) is 0 Å². The molecule has 4 aromatic rings. The van der Waals surface area contributed by atoms with Gasteiger partial charge >= 0.3 is 0 Å². The van der Waals surface area contributed by atoms with E-state index in [0.29, 0.717) is 33.5 Å². The van der Waals surface area contributed by atoms with Gasteiger partial charge in [0.1, 0.15) is 17.1 Å². The number of amides is 1. The number of anilines is 1. The molecule has 4 rings (SSSR count). The van der Waals surface area contributed by atoms with Gasteiger partial charge in [0.2, 0.25) is 5.82 Å². The van der Waals surface area contributed by atoms with Crippen molar-refractivity contribution in [2.75, 3.05) is 12.4 Å². The minimum Gasteiger partial charge on any atom is -0.497 e. The predicted molar refractivity (Wildman–Crippen MR) is 95.1 cm³/mol. The number of methoxy groups -OCH3 is 1. The van der Waals surface area contributed by atoms with Crippen molar-refractivity contribution >= 4 is 22.7 Å². The van der Waals surface area contributed by atoms with Crippen molar-refractivity contribution in [1.82, 2.24) is 10.3 Å². The van der Waals surface area contributed by atoms with E-state index in [0.717, 1.165) is 0 Å². The number of halogens is 1. The van der Waals surface area contributed by atoms with Gasteiger partial charge in [0.25, 0.3) is 5.91 Å². The third-order valence-corrected chi connectivity index (χ3v) is 4.19. The quantitative estimate of drug-likeness (QED) is 0.582. The van der Waals surface area contributed by atoms with Gasteiger partial charge in [0.15, 0.2) is 11.5 Å². The molecule has 0 fully saturated rings. The number of aryl methyl sites for hydroxylation is 1. The molecule has 27 heavy (non-hydrogen) atoms. The lowest BCUT2D eigenvalue weighted by Crippen LogP contribution is -2.13. The van der Waals surface area contributed by atoms with Gasteiger partial charge in [-0.05, 0) is 59.7 Å². The first-order valence-corrected chi connectivity index (χ1v) is 8.04. The van der Waals surface area contributed by atoms with Gasteiger partial charge in [-0.2, -0.15) is 0 Å². The fraction of sp³-hybridized carbons (Fsp3) is 0.105. The van der Waals surface area contributed by atoms with Crippen LogP contribution in [0.4, 0.5) is 10.2 Å². The number of carbonyl (C=O) groups is 1. The number of carbonyl (C=O) groups excluding carboxylic acids is 1. The molecule has 0 aliphatic carbocycles. The van der Waals surface area contributed by atoms with Crippen molar-refractivity contribution in [2.45, 2.75) is 6.92 Å². The maximum atomic E-state index is 13.4. The molecular formula is C19H14FN3O4. The van der Waals surface area contributed by atoms with Gasteiger partial charge < -0.3 is 9.15 Å². The van der Waals surface area contributed by atoms with Crippen LogP contribution in [-0.4, -0.2) is 23.3 Å². The lowest BCUT2D eigenvalue weighted by atomic mass is 10.1. The van der Waals surface area contributed by atoms with Crippen LogP contribution in [0.5, 0.6) is 5.75 Å². The van der Waals surface area contributed by atoms with E-state index < -0.39 is 11.7 Å². The van der Waals surface area contributed by atoms with Crippen LogP contribution in [0.3, 0.4) is 0 Å². The summed E-state index contributed by atoms with van der Waals surface area (Å²) in [5, 5.41) is 10.8. The van der Waals surface area contributed by atoms with Crippen molar-refractivity contribution in [3.63, 3.8) is 0 Å². The summed E-state index contributed by atoms with van der Waals surface area (Å²) in [5.74, 6) is -0.0307. The Balaban J connectivity index is 1.64. The number of ether oxygens (including phenoxy) is 1. The molecule has 2 aromatic carbocycles. The molecule has 0 aliphatic rings. The van der Waals surface area contributed by atoms with Crippen molar-refractivity contribution in [2.24, 2.45) is 0 Å². The molecule has 0 saturated carbocycles. The minimum absolute atomic E-state index is 0.0688. The molecule has 136 valence electrons. The lowest BCUT2D eigenvalue weighted by molar-refractivity contribution is 0.0997. The molecule has 0 radical (unpaired) electrons. The second kappa shape index (κ2) is 6.56. The van der Waals surface area contributed by atoms with Crippen molar-refractivity contribution in [1.29, 1.82) is 0 Å². The minimum atomic E-state index is -0.533. The standard InChI is InChI=1S/C19H14FN3O4/c1-10-14-9-12(20)5-8-15(14)26-17(10)19(24)21-18-16(22-27-23-18)11-3-6-13(25-2)7-4-11/h3-9H,1-2H3,(H,21,23,24). The largest absolute Gasteiger partial charge is 0.497 e. The SMILES string of the molecule is COc1ccc(-c2nonc2NC(=O)c2oc3ccc(F)cc3c2C)cc1. The van der Waals surface area contributed by atoms with E-state index in [1.807, 2.05) is 0 Å². The number of aromatic nitrogens is 2. The van der Waals surface area contributed by atoms with Crippen LogP contribution in [0, 0.1) is 12.7 Å². The van der Waals surface area contributed by atoms with Crippen molar-refractivity contribution < 1.29 is 23.0 Å². The lowest BCUT2D eigenvalue weighted by Gasteiger charge is -2.03. The Morgan fingerprint density at radius 1 is 1.15 bits per heavy atom. The van der Waals surface area contributed by atoms with Gasteiger partial charge in [-0.25, -0.2) is 9.02 Å². The third-order valence-electron chi connectivity index (χ3n) is 4.19. The van der Waals surface area contributed by atoms with Crippen LogP contribution in [0.2, 0.25) is 0 Å². The summed E-state index contributed by atoms with van der Waals surface area (Å²) in [5.41, 5.74) is 2.01. The Morgan fingerprint density at radius 2 is 1.93 bits per heavy atom.